The van der Waals surface area contributed by atoms with Crippen LogP contribution >= 0.6 is 0 Å². The van der Waals surface area contributed by atoms with Gasteiger partial charge in [0, 0.05) is 62.9 Å². The van der Waals surface area contributed by atoms with Gasteiger partial charge in [-0.1, -0.05) is 19.1 Å². The molecule has 25 heavy (non-hydrogen) atoms. The molecule has 0 bridgehead atoms. The van der Waals surface area contributed by atoms with Crippen molar-refractivity contribution in [2.45, 2.75) is 19.8 Å². The van der Waals surface area contributed by atoms with E-state index in [4.69, 9.17) is 0 Å². The third-order valence-electron chi connectivity index (χ3n) is 4.67. The van der Waals surface area contributed by atoms with E-state index in [1.54, 1.807) is 0 Å². The third kappa shape index (κ3) is 5.03. The van der Waals surface area contributed by atoms with E-state index in [-0.39, 0.29) is 5.91 Å². The summed E-state index contributed by atoms with van der Waals surface area (Å²) in [6.45, 7) is 6.88. The molecular formula is C20H26N4O. The lowest BCUT2D eigenvalue weighted by atomic mass is 10.1. The summed E-state index contributed by atoms with van der Waals surface area (Å²) < 4.78 is 0. The number of anilines is 2. The van der Waals surface area contributed by atoms with E-state index in [2.05, 4.69) is 33.1 Å². The monoisotopic (exact) mass is 338 g/mol. The summed E-state index contributed by atoms with van der Waals surface area (Å²) >= 11 is 0. The highest BCUT2D eigenvalue weighted by molar-refractivity contribution is 5.90. The molecule has 5 heteroatoms. The fraction of sp³-hybridized carbons (Fsp3) is 0.400. The second-order valence-electron chi connectivity index (χ2n) is 6.39. The maximum Gasteiger partial charge on any atom is 0.225 e. The lowest BCUT2D eigenvalue weighted by molar-refractivity contribution is -0.116. The molecule has 1 aliphatic heterocycles. The average molecular weight is 338 g/mol. The Kier molecular flexibility index (Phi) is 6.01. The number of piperazine rings is 1. The number of rotatable bonds is 6. The molecule has 0 unspecified atom stereocenters. The van der Waals surface area contributed by atoms with Gasteiger partial charge < -0.3 is 10.2 Å². The molecular weight excluding hydrogens is 312 g/mol. The van der Waals surface area contributed by atoms with E-state index in [1.165, 1.54) is 11.3 Å². The molecule has 3 rings (SSSR count). The zero-order chi connectivity index (χ0) is 17.5. The minimum Gasteiger partial charge on any atom is -0.369 e. The fourth-order valence-electron chi connectivity index (χ4n) is 3.14. The van der Waals surface area contributed by atoms with Crippen molar-refractivity contribution in [2.75, 3.05) is 42.9 Å². The summed E-state index contributed by atoms with van der Waals surface area (Å²) in [5, 5.41) is 3.01. The Morgan fingerprint density at radius 1 is 1.12 bits per heavy atom. The molecule has 132 valence electrons. The summed E-state index contributed by atoms with van der Waals surface area (Å²) in [6, 6.07) is 12.2. The van der Waals surface area contributed by atoms with Gasteiger partial charge in [-0.05, 0) is 36.2 Å². The number of aromatic nitrogens is 1. The Balaban J connectivity index is 1.41. The summed E-state index contributed by atoms with van der Waals surface area (Å²) in [5.74, 6) is 0.0878. The molecule has 1 amide bonds. The van der Waals surface area contributed by atoms with E-state index in [1.807, 2.05) is 42.7 Å². The molecule has 1 aromatic heterocycles. The topological polar surface area (TPSA) is 48.5 Å². The highest BCUT2D eigenvalue weighted by Gasteiger charge is 2.17. The summed E-state index contributed by atoms with van der Waals surface area (Å²) in [5.41, 5.74) is 3.36. The predicted octanol–water partition coefficient (Wildman–Crippen LogP) is 2.79. The van der Waals surface area contributed by atoms with Crippen LogP contribution in [0, 0.1) is 0 Å². The number of hydrogen-bond acceptors (Lipinski definition) is 4. The van der Waals surface area contributed by atoms with Crippen molar-refractivity contribution >= 4 is 17.3 Å². The number of nitrogens with zero attached hydrogens (tertiary/aromatic N) is 3. The van der Waals surface area contributed by atoms with Gasteiger partial charge in [0.15, 0.2) is 0 Å². The Labute approximate surface area is 149 Å². The number of amides is 1. The average Bonchev–Trinajstić information content (AvgIpc) is 2.67. The molecule has 1 fully saturated rings. The van der Waals surface area contributed by atoms with Crippen LogP contribution in [-0.2, 0) is 11.2 Å². The molecule has 0 aliphatic carbocycles. The molecule has 1 aromatic carbocycles. The normalized spacial score (nSPS) is 15.2. The number of carbonyl (C=O) groups excluding carboxylic acids is 1. The largest absolute Gasteiger partial charge is 0.369 e. The van der Waals surface area contributed by atoms with Crippen LogP contribution in [0.15, 0.2) is 48.8 Å². The maximum absolute atomic E-state index is 12.2. The molecule has 0 atom stereocenters. The predicted molar refractivity (Wildman–Crippen MR) is 102 cm³/mol. The van der Waals surface area contributed by atoms with Gasteiger partial charge in [0.2, 0.25) is 5.91 Å². The van der Waals surface area contributed by atoms with Gasteiger partial charge in [0.1, 0.15) is 0 Å². The van der Waals surface area contributed by atoms with Crippen molar-refractivity contribution in [3.63, 3.8) is 0 Å². The van der Waals surface area contributed by atoms with Crippen LogP contribution in [0.25, 0.3) is 0 Å². The van der Waals surface area contributed by atoms with Crippen LogP contribution in [0.3, 0.4) is 0 Å². The first-order chi connectivity index (χ1) is 12.2. The first-order valence-corrected chi connectivity index (χ1v) is 9.00. The Hall–Kier alpha value is -2.40. The standard InChI is InChI=1S/C20H26N4O/c1-2-17-4-3-5-18(16-17)22-20(25)8-11-23-12-14-24(15-13-23)19-6-9-21-10-7-19/h3-7,9-10,16H,2,8,11-15H2,1H3,(H,22,25). The number of carbonyl (C=O) groups is 1. The lowest BCUT2D eigenvalue weighted by Gasteiger charge is -2.35. The Morgan fingerprint density at radius 2 is 1.88 bits per heavy atom. The quantitative estimate of drug-likeness (QED) is 0.880. The van der Waals surface area contributed by atoms with E-state index in [0.29, 0.717) is 6.42 Å². The van der Waals surface area contributed by atoms with Gasteiger partial charge >= 0.3 is 0 Å². The fourth-order valence-corrected chi connectivity index (χ4v) is 3.14. The molecule has 2 heterocycles. The third-order valence-corrected chi connectivity index (χ3v) is 4.67. The van der Waals surface area contributed by atoms with Crippen LogP contribution in [0.4, 0.5) is 11.4 Å². The van der Waals surface area contributed by atoms with Crippen LogP contribution in [0.1, 0.15) is 18.9 Å². The summed E-state index contributed by atoms with van der Waals surface area (Å²) in [4.78, 5) is 21.0. The Bertz CT molecular complexity index is 681. The van der Waals surface area contributed by atoms with Crippen molar-refractivity contribution in [3.8, 4) is 0 Å². The van der Waals surface area contributed by atoms with Gasteiger partial charge in [-0.2, -0.15) is 0 Å². The van der Waals surface area contributed by atoms with Crippen molar-refractivity contribution in [3.05, 3.63) is 54.4 Å². The minimum absolute atomic E-state index is 0.0878. The first-order valence-electron chi connectivity index (χ1n) is 9.00. The molecule has 5 nitrogen and oxygen atoms in total. The van der Waals surface area contributed by atoms with E-state index in [0.717, 1.165) is 44.8 Å². The SMILES string of the molecule is CCc1cccc(NC(=O)CCN2CCN(c3ccncc3)CC2)c1. The van der Waals surface area contributed by atoms with Crippen LogP contribution in [0.2, 0.25) is 0 Å². The highest BCUT2D eigenvalue weighted by Crippen LogP contribution is 2.15. The zero-order valence-corrected chi connectivity index (χ0v) is 14.8. The molecule has 0 radical (unpaired) electrons. The summed E-state index contributed by atoms with van der Waals surface area (Å²) in [6.07, 6.45) is 5.18. The number of aryl methyl sites for hydroxylation is 1. The number of nitrogens with one attached hydrogen (secondary N) is 1. The lowest BCUT2D eigenvalue weighted by Crippen LogP contribution is -2.47. The Morgan fingerprint density at radius 3 is 2.60 bits per heavy atom. The van der Waals surface area contributed by atoms with Crippen LogP contribution < -0.4 is 10.2 Å². The molecule has 1 saturated heterocycles. The van der Waals surface area contributed by atoms with E-state index < -0.39 is 0 Å². The zero-order valence-electron chi connectivity index (χ0n) is 14.8. The highest BCUT2D eigenvalue weighted by atomic mass is 16.1. The van der Waals surface area contributed by atoms with Gasteiger partial charge in [-0.15, -0.1) is 0 Å². The van der Waals surface area contributed by atoms with E-state index in [9.17, 15) is 4.79 Å². The van der Waals surface area contributed by atoms with Crippen molar-refractivity contribution < 1.29 is 4.79 Å². The van der Waals surface area contributed by atoms with Gasteiger partial charge in [-0.25, -0.2) is 0 Å². The minimum atomic E-state index is 0.0878. The first kappa shape index (κ1) is 17.4. The smallest absolute Gasteiger partial charge is 0.225 e. The van der Waals surface area contributed by atoms with Crippen LogP contribution in [0.5, 0.6) is 0 Å². The molecule has 1 aliphatic rings. The van der Waals surface area contributed by atoms with Crippen LogP contribution in [-0.4, -0.2) is 48.5 Å². The van der Waals surface area contributed by atoms with Crippen molar-refractivity contribution in [1.82, 2.24) is 9.88 Å². The van der Waals surface area contributed by atoms with Gasteiger partial charge in [0.25, 0.3) is 0 Å². The van der Waals surface area contributed by atoms with Gasteiger partial charge in [0.05, 0.1) is 0 Å². The number of benzene rings is 1. The number of pyridine rings is 1. The molecule has 2 aromatic rings. The summed E-state index contributed by atoms with van der Waals surface area (Å²) in [7, 11) is 0. The molecule has 1 N–H and O–H groups in total. The van der Waals surface area contributed by atoms with E-state index >= 15 is 0 Å². The number of hydrogen-bond donors (Lipinski definition) is 1. The van der Waals surface area contributed by atoms with Gasteiger partial charge in [-0.3, -0.25) is 14.7 Å². The second-order valence-corrected chi connectivity index (χ2v) is 6.39. The van der Waals surface area contributed by atoms with Crippen molar-refractivity contribution in [2.24, 2.45) is 0 Å². The van der Waals surface area contributed by atoms with Crippen molar-refractivity contribution in [1.29, 1.82) is 0 Å². The second kappa shape index (κ2) is 8.62. The molecule has 0 saturated carbocycles. The maximum atomic E-state index is 12.2. The molecule has 0 spiro atoms.